The normalized spacial score (nSPS) is 22.9. The molecule has 19 heavy (non-hydrogen) atoms. The number of hydrogen-bond acceptors (Lipinski definition) is 1. The smallest absolute Gasteiger partial charge is 0.171 e. The summed E-state index contributed by atoms with van der Waals surface area (Å²) in [5.74, 6) is 0.436. The van der Waals surface area contributed by atoms with E-state index in [4.69, 9.17) is 12.2 Å². The van der Waals surface area contributed by atoms with Crippen molar-refractivity contribution in [2.75, 3.05) is 5.32 Å². The molecule has 1 saturated carbocycles. The molecule has 0 radical (unpaired) electrons. The molecule has 0 amide bonds. The third-order valence-electron chi connectivity index (χ3n) is 3.86. The number of hydrogen-bond donors (Lipinski definition) is 2. The van der Waals surface area contributed by atoms with Gasteiger partial charge in [-0.2, -0.15) is 0 Å². The maximum atomic E-state index is 13.0. The molecular formula is C15H21FN2S. The summed E-state index contributed by atoms with van der Waals surface area (Å²) in [7, 11) is 0. The van der Waals surface area contributed by atoms with Crippen molar-refractivity contribution in [3.05, 3.63) is 29.6 Å². The quantitative estimate of drug-likeness (QED) is 0.801. The van der Waals surface area contributed by atoms with E-state index in [2.05, 4.69) is 17.6 Å². The van der Waals surface area contributed by atoms with Gasteiger partial charge in [-0.3, -0.25) is 0 Å². The van der Waals surface area contributed by atoms with E-state index in [1.807, 2.05) is 6.92 Å². The van der Waals surface area contributed by atoms with E-state index >= 15 is 0 Å². The summed E-state index contributed by atoms with van der Waals surface area (Å²) in [4.78, 5) is 0. The lowest BCUT2D eigenvalue weighted by molar-refractivity contribution is 0.309. The summed E-state index contributed by atoms with van der Waals surface area (Å²) >= 11 is 5.35. The zero-order valence-corrected chi connectivity index (χ0v) is 12.3. The molecule has 2 rings (SSSR count). The van der Waals surface area contributed by atoms with E-state index < -0.39 is 0 Å². The Hall–Kier alpha value is -1.16. The first-order valence-corrected chi connectivity index (χ1v) is 7.31. The van der Waals surface area contributed by atoms with Gasteiger partial charge in [-0.05, 0) is 61.7 Å². The van der Waals surface area contributed by atoms with Gasteiger partial charge in [-0.25, -0.2) is 4.39 Å². The Morgan fingerprint density at radius 3 is 2.74 bits per heavy atom. The molecule has 0 aromatic heterocycles. The van der Waals surface area contributed by atoms with E-state index in [1.165, 1.54) is 37.8 Å². The Kier molecular flexibility index (Phi) is 4.75. The third kappa shape index (κ3) is 3.90. The minimum atomic E-state index is -0.220. The second kappa shape index (κ2) is 6.33. The molecule has 1 aliphatic rings. The van der Waals surface area contributed by atoms with Crippen LogP contribution in [-0.2, 0) is 0 Å². The summed E-state index contributed by atoms with van der Waals surface area (Å²) in [6.45, 7) is 4.14. The molecule has 0 bridgehead atoms. The molecule has 1 aliphatic carbocycles. The molecule has 104 valence electrons. The number of thiocarbonyl (C=S) groups is 1. The summed E-state index contributed by atoms with van der Waals surface area (Å²) in [5.41, 5.74) is 1.73. The summed E-state index contributed by atoms with van der Waals surface area (Å²) in [6.07, 6.45) is 5.01. The van der Waals surface area contributed by atoms with Gasteiger partial charge in [0.25, 0.3) is 0 Å². The van der Waals surface area contributed by atoms with Crippen LogP contribution in [0.25, 0.3) is 0 Å². The van der Waals surface area contributed by atoms with Crippen molar-refractivity contribution in [1.82, 2.24) is 5.32 Å². The molecule has 1 fully saturated rings. The van der Waals surface area contributed by atoms with Crippen LogP contribution in [0.1, 0.15) is 38.2 Å². The number of benzene rings is 1. The molecule has 0 unspecified atom stereocenters. The monoisotopic (exact) mass is 280 g/mol. The van der Waals surface area contributed by atoms with Crippen molar-refractivity contribution in [1.29, 1.82) is 0 Å². The highest BCUT2D eigenvalue weighted by molar-refractivity contribution is 7.80. The lowest BCUT2D eigenvalue weighted by Gasteiger charge is -2.30. The second-order valence-electron chi connectivity index (χ2n) is 5.43. The topological polar surface area (TPSA) is 24.1 Å². The fourth-order valence-electron chi connectivity index (χ4n) is 2.62. The van der Waals surface area contributed by atoms with Crippen LogP contribution in [0.3, 0.4) is 0 Å². The molecule has 0 aliphatic heterocycles. The third-order valence-corrected chi connectivity index (χ3v) is 4.08. The van der Waals surface area contributed by atoms with Crippen LogP contribution in [-0.4, -0.2) is 11.2 Å². The first-order chi connectivity index (χ1) is 9.06. The van der Waals surface area contributed by atoms with Crippen molar-refractivity contribution in [2.24, 2.45) is 5.92 Å². The first kappa shape index (κ1) is 14.3. The van der Waals surface area contributed by atoms with Gasteiger partial charge < -0.3 is 10.6 Å². The molecule has 0 heterocycles. The molecule has 2 atom stereocenters. The molecule has 0 saturated heterocycles. The van der Waals surface area contributed by atoms with Crippen molar-refractivity contribution < 1.29 is 4.39 Å². The van der Waals surface area contributed by atoms with Crippen LogP contribution in [0.15, 0.2) is 18.2 Å². The van der Waals surface area contributed by atoms with E-state index in [0.717, 1.165) is 11.3 Å². The largest absolute Gasteiger partial charge is 0.359 e. The second-order valence-corrected chi connectivity index (χ2v) is 5.83. The van der Waals surface area contributed by atoms with Crippen LogP contribution in [0.4, 0.5) is 10.1 Å². The average molecular weight is 280 g/mol. The minimum Gasteiger partial charge on any atom is -0.359 e. The van der Waals surface area contributed by atoms with Gasteiger partial charge in [0.05, 0.1) is 0 Å². The summed E-state index contributed by atoms with van der Waals surface area (Å²) in [5, 5.41) is 7.18. The van der Waals surface area contributed by atoms with Gasteiger partial charge in [0.1, 0.15) is 5.82 Å². The number of halogens is 1. The van der Waals surface area contributed by atoms with Gasteiger partial charge >= 0.3 is 0 Å². The molecular weight excluding hydrogens is 259 g/mol. The Bertz CT molecular complexity index is 461. The lowest BCUT2D eigenvalue weighted by Crippen LogP contribution is -2.43. The van der Waals surface area contributed by atoms with Gasteiger partial charge in [0.15, 0.2) is 5.11 Å². The van der Waals surface area contributed by atoms with Crippen LogP contribution < -0.4 is 10.6 Å². The lowest BCUT2D eigenvalue weighted by atomic mass is 9.86. The SMILES string of the molecule is Cc1cc(F)ccc1NC(=S)N[C@@H]1CCCC[C@@H]1C. The maximum Gasteiger partial charge on any atom is 0.171 e. The van der Waals surface area contributed by atoms with Gasteiger partial charge in [0.2, 0.25) is 0 Å². The zero-order chi connectivity index (χ0) is 13.8. The van der Waals surface area contributed by atoms with Crippen LogP contribution >= 0.6 is 12.2 Å². The molecule has 1 aromatic carbocycles. The number of rotatable bonds is 2. The van der Waals surface area contributed by atoms with E-state index in [9.17, 15) is 4.39 Å². The number of aryl methyl sites for hydroxylation is 1. The highest BCUT2D eigenvalue weighted by Crippen LogP contribution is 2.24. The fourth-order valence-corrected chi connectivity index (χ4v) is 2.89. The highest BCUT2D eigenvalue weighted by Gasteiger charge is 2.21. The molecule has 0 spiro atoms. The Morgan fingerprint density at radius 1 is 1.32 bits per heavy atom. The fraction of sp³-hybridized carbons (Fsp3) is 0.533. The molecule has 2 nitrogen and oxygen atoms in total. The van der Waals surface area contributed by atoms with Gasteiger partial charge in [-0.1, -0.05) is 19.8 Å². The number of nitrogens with one attached hydrogen (secondary N) is 2. The maximum absolute atomic E-state index is 13.0. The minimum absolute atomic E-state index is 0.220. The Morgan fingerprint density at radius 2 is 2.05 bits per heavy atom. The molecule has 2 N–H and O–H groups in total. The van der Waals surface area contributed by atoms with Crippen molar-refractivity contribution in [3.63, 3.8) is 0 Å². The predicted molar refractivity (Wildman–Crippen MR) is 81.9 cm³/mol. The number of anilines is 1. The summed E-state index contributed by atoms with van der Waals surface area (Å²) < 4.78 is 13.0. The zero-order valence-electron chi connectivity index (χ0n) is 11.5. The van der Waals surface area contributed by atoms with Crippen LogP contribution in [0.2, 0.25) is 0 Å². The van der Waals surface area contributed by atoms with Crippen molar-refractivity contribution in [3.8, 4) is 0 Å². The van der Waals surface area contributed by atoms with E-state index in [1.54, 1.807) is 6.07 Å². The Labute approximate surface area is 119 Å². The van der Waals surface area contributed by atoms with Crippen molar-refractivity contribution in [2.45, 2.75) is 45.6 Å². The van der Waals surface area contributed by atoms with E-state index in [-0.39, 0.29) is 5.82 Å². The standard InChI is InChI=1S/C15H21FN2S/c1-10-5-3-4-6-13(10)17-15(19)18-14-8-7-12(16)9-11(14)2/h7-10,13H,3-6H2,1-2H3,(H2,17,18,19)/t10-,13+/m0/s1. The van der Waals surface area contributed by atoms with Crippen LogP contribution in [0, 0.1) is 18.7 Å². The van der Waals surface area contributed by atoms with Crippen molar-refractivity contribution >= 4 is 23.0 Å². The highest BCUT2D eigenvalue weighted by atomic mass is 32.1. The summed E-state index contributed by atoms with van der Waals surface area (Å²) in [6, 6.07) is 5.13. The molecule has 4 heteroatoms. The first-order valence-electron chi connectivity index (χ1n) is 6.90. The van der Waals surface area contributed by atoms with E-state index in [0.29, 0.717) is 17.1 Å². The predicted octanol–water partition coefficient (Wildman–Crippen LogP) is 4.00. The molecule has 1 aromatic rings. The average Bonchev–Trinajstić information content (AvgIpc) is 2.36. The van der Waals surface area contributed by atoms with Crippen LogP contribution in [0.5, 0.6) is 0 Å². The van der Waals surface area contributed by atoms with Gasteiger partial charge in [0, 0.05) is 11.7 Å². The van der Waals surface area contributed by atoms with Gasteiger partial charge in [-0.15, -0.1) is 0 Å². The Balaban J connectivity index is 1.93.